The van der Waals surface area contributed by atoms with E-state index in [1.165, 1.54) is 4.31 Å². The average Bonchev–Trinajstić information content (AvgIpc) is 2.98. The van der Waals surface area contributed by atoms with Gasteiger partial charge in [0.05, 0.1) is 20.1 Å². The van der Waals surface area contributed by atoms with Crippen LogP contribution in [0.3, 0.4) is 0 Å². The molecule has 0 N–H and O–H groups in total. The number of carbonyl (C=O) groups excluding carboxylic acids is 1. The Hall–Kier alpha value is -2.29. The first-order chi connectivity index (χ1) is 14.4. The third-order valence-corrected chi connectivity index (χ3v) is 8.37. The molecule has 4 rings (SSSR count). The van der Waals surface area contributed by atoms with Gasteiger partial charge in [-0.15, -0.1) is 11.3 Å². The van der Waals surface area contributed by atoms with Gasteiger partial charge in [0.1, 0.15) is 0 Å². The summed E-state index contributed by atoms with van der Waals surface area (Å²) in [6, 6.07) is 14.9. The number of para-hydroxylation sites is 1. The molecule has 8 heteroatoms. The largest absolute Gasteiger partial charge is 0.341 e. The van der Waals surface area contributed by atoms with E-state index < -0.39 is 10.0 Å². The van der Waals surface area contributed by atoms with Crippen molar-refractivity contribution in [3.8, 4) is 0 Å². The maximum atomic E-state index is 12.9. The first-order valence-electron chi connectivity index (χ1n) is 10.1. The summed E-state index contributed by atoms with van der Waals surface area (Å²) >= 11 is 1.62. The number of nitrogens with zero attached hydrogens (tertiary/aromatic N) is 3. The first kappa shape index (κ1) is 21.0. The van der Waals surface area contributed by atoms with Gasteiger partial charge in [0, 0.05) is 39.0 Å². The molecule has 1 fully saturated rings. The van der Waals surface area contributed by atoms with E-state index in [-0.39, 0.29) is 5.91 Å². The normalized spacial score (nSPS) is 16.0. The number of rotatable bonds is 5. The summed E-state index contributed by atoms with van der Waals surface area (Å²) in [6.07, 6.45) is 1.64. The van der Waals surface area contributed by atoms with Crippen molar-refractivity contribution in [2.24, 2.45) is 0 Å². The highest BCUT2D eigenvalue weighted by atomic mass is 32.2. The second-order valence-electron chi connectivity index (χ2n) is 7.53. The number of thiazole rings is 1. The van der Waals surface area contributed by atoms with Gasteiger partial charge < -0.3 is 4.90 Å². The summed E-state index contributed by atoms with van der Waals surface area (Å²) in [6.45, 7) is 3.68. The topological polar surface area (TPSA) is 70.6 Å². The molecule has 158 valence electrons. The Balaban J connectivity index is 1.36. The molecule has 30 heavy (non-hydrogen) atoms. The number of hydrogen-bond acceptors (Lipinski definition) is 5. The Bertz CT molecular complexity index is 1110. The molecule has 0 bridgehead atoms. The van der Waals surface area contributed by atoms with Gasteiger partial charge in [-0.1, -0.05) is 29.8 Å². The number of carbonyl (C=O) groups is 1. The number of sulfonamides is 1. The fraction of sp³-hybridized carbons (Fsp3) is 0.364. The van der Waals surface area contributed by atoms with Gasteiger partial charge in [-0.2, -0.15) is 4.31 Å². The molecule has 0 unspecified atom stereocenters. The van der Waals surface area contributed by atoms with Crippen LogP contribution in [-0.4, -0.2) is 54.7 Å². The standard InChI is InChI=1S/C22H25N3O3S2/c1-17-7-9-18(10-8-17)30(27,28)25-14-4-13-24(15-16-25)22(26)12-11-21-23-19-5-2-3-6-20(19)29-21/h2-3,5-10H,4,11-16H2,1H3. The third-order valence-electron chi connectivity index (χ3n) is 5.36. The molecular formula is C22H25N3O3S2. The predicted octanol–water partition coefficient (Wildman–Crippen LogP) is 3.46. The maximum Gasteiger partial charge on any atom is 0.243 e. The second-order valence-corrected chi connectivity index (χ2v) is 10.6. The van der Waals surface area contributed by atoms with Crippen LogP contribution in [0, 0.1) is 6.92 Å². The van der Waals surface area contributed by atoms with E-state index in [0.29, 0.717) is 50.3 Å². The molecule has 6 nitrogen and oxygen atoms in total. The Kier molecular flexibility index (Phi) is 6.17. The minimum absolute atomic E-state index is 0.0591. The number of hydrogen-bond donors (Lipinski definition) is 0. The second kappa shape index (κ2) is 8.83. The molecule has 1 aliphatic heterocycles. The smallest absolute Gasteiger partial charge is 0.243 e. The van der Waals surface area contributed by atoms with Crippen LogP contribution in [0.25, 0.3) is 10.2 Å². The Morgan fingerprint density at radius 1 is 1.03 bits per heavy atom. The molecule has 1 saturated heterocycles. The van der Waals surface area contributed by atoms with E-state index in [9.17, 15) is 13.2 Å². The van der Waals surface area contributed by atoms with Crippen LogP contribution in [0.5, 0.6) is 0 Å². The summed E-state index contributed by atoms with van der Waals surface area (Å²) in [5.74, 6) is 0.0591. The molecule has 2 aromatic carbocycles. The number of aryl methyl sites for hydroxylation is 2. The number of aromatic nitrogens is 1. The summed E-state index contributed by atoms with van der Waals surface area (Å²) in [4.78, 5) is 19.4. The Morgan fingerprint density at radius 3 is 2.57 bits per heavy atom. The quantitative estimate of drug-likeness (QED) is 0.606. The van der Waals surface area contributed by atoms with Gasteiger partial charge in [0.25, 0.3) is 0 Å². The molecular weight excluding hydrogens is 418 g/mol. The van der Waals surface area contributed by atoms with Crippen molar-refractivity contribution in [3.63, 3.8) is 0 Å². The lowest BCUT2D eigenvalue weighted by Gasteiger charge is -2.22. The minimum atomic E-state index is -3.53. The maximum absolute atomic E-state index is 12.9. The summed E-state index contributed by atoms with van der Waals surface area (Å²) in [5, 5.41) is 0.961. The SMILES string of the molecule is Cc1ccc(S(=O)(=O)N2CCCN(C(=O)CCc3nc4ccccc4s3)CC2)cc1. The van der Waals surface area contributed by atoms with Crippen LogP contribution < -0.4 is 0 Å². The first-order valence-corrected chi connectivity index (χ1v) is 12.4. The molecule has 0 radical (unpaired) electrons. The fourth-order valence-electron chi connectivity index (χ4n) is 3.64. The number of amides is 1. The van der Waals surface area contributed by atoms with Crippen molar-refractivity contribution < 1.29 is 13.2 Å². The van der Waals surface area contributed by atoms with Crippen molar-refractivity contribution in [2.45, 2.75) is 31.1 Å². The third kappa shape index (κ3) is 4.55. The average molecular weight is 444 g/mol. The van der Waals surface area contributed by atoms with Gasteiger partial charge in [0.15, 0.2) is 0 Å². The monoisotopic (exact) mass is 443 g/mol. The van der Waals surface area contributed by atoms with Crippen LogP contribution >= 0.6 is 11.3 Å². The summed E-state index contributed by atoms with van der Waals surface area (Å²) in [7, 11) is -3.53. The minimum Gasteiger partial charge on any atom is -0.341 e. The molecule has 0 atom stereocenters. The van der Waals surface area contributed by atoms with Crippen molar-refractivity contribution in [3.05, 3.63) is 59.1 Å². The molecule has 0 saturated carbocycles. The lowest BCUT2D eigenvalue weighted by molar-refractivity contribution is -0.131. The van der Waals surface area contributed by atoms with Crippen LogP contribution in [0.4, 0.5) is 0 Å². The van der Waals surface area contributed by atoms with Gasteiger partial charge in [0.2, 0.25) is 15.9 Å². The van der Waals surface area contributed by atoms with Crippen LogP contribution in [0.1, 0.15) is 23.4 Å². The zero-order valence-corrected chi connectivity index (χ0v) is 18.6. The molecule has 3 aromatic rings. The number of fused-ring (bicyclic) bond motifs is 1. The fourth-order valence-corrected chi connectivity index (χ4v) is 6.08. The molecule has 1 amide bonds. The van der Waals surface area contributed by atoms with Crippen molar-refractivity contribution in [1.82, 2.24) is 14.2 Å². The van der Waals surface area contributed by atoms with E-state index in [2.05, 4.69) is 4.98 Å². The Morgan fingerprint density at radius 2 is 1.80 bits per heavy atom. The lowest BCUT2D eigenvalue weighted by Crippen LogP contribution is -2.37. The highest BCUT2D eigenvalue weighted by Crippen LogP contribution is 2.23. The van der Waals surface area contributed by atoms with E-state index in [0.717, 1.165) is 20.8 Å². The van der Waals surface area contributed by atoms with Crippen molar-refractivity contribution >= 4 is 37.5 Å². The van der Waals surface area contributed by atoms with E-state index >= 15 is 0 Å². The van der Waals surface area contributed by atoms with Gasteiger partial charge in [-0.25, -0.2) is 13.4 Å². The van der Waals surface area contributed by atoms with Crippen LogP contribution in [0.15, 0.2) is 53.4 Å². The predicted molar refractivity (Wildman–Crippen MR) is 119 cm³/mol. The van der Waals surface area contributed by atoms with Crippen LogP contribution in [0.2, 0.25) is 0 Å². The number of benzene rings is 2. The Labute approximate surface area is 181 Å². The van der Waals surface area contributed by atoms with Crippen molar-refractivity contribution in [1.29, 1.82) is 0 Å². The van der Waals surface area contributed by atoms with Gasteiger partial charge in [-0.05, 0) is 37.6 Å². The summed E-state index contributed by atoms with van der Waals surface area (Å²) in [5.41, 5.74) is 1.99. The highest BCUT2D eigenvalue weighted by molar-refractivity contribution is 7.89. The van der Waals surface area contributed by atoms with E-state index in [4.69, 9.17) is 0 Å². The molecule has 0 spiro atoms. The lowest BCUT2D eigenvalue weighted by atomic mass is 10.2. The highest BCUT2D eigenvalue weighted by Gasteiger charge is 2.28. The zero-order valence-electron chi connectivity index (χ0n) is 17.0. The van der Waals surface area contributed by atoms with Gasteiger partial charge >= 0.3 is 0 Å². The van der Waals surface area contributed by atoms with Crippen molar-refractivity contribution in [2.75, 3.05) is 26.2 Å². The molecule has 1 aliphatic rings. The molecule has 2 heterocycles. The van der Waals surface area contributed by atoms with E-state index in [1.54, 1.807) is 28.4 Å². The molecule has 0 aliphatic carbocycles. The zero-order chi connectivity index (χ0) is 21.1. The molecule has 1 aromatic heterocycles. The van der Waals surface area contributed by atoms with Crippen LogP contribution in [-0.2, 0) is 21.2 Å². The summed E-state index contributed by atoms with van der Waals surface area (Å²) < 4.78 is 28.5. The van der Waals surface area contributed by atoms with Gasteiger partial charge in [-0.3, -0.25) is 4.79 Å². The van der Waals surface area contributed by atoms with E-state index in [1.807, 2.05) is 43.3 Å².